The van der Waals surface area contributed by atoms with Gasteiger partial charge < -0.3 is 0 Å². The topological polar surface area (TPSA) is 54.5 Å². The molecule has 0 N–H and O–H groups in total. The Morgan fingerprint density at radius 2 is 1.63 bits per heavy atom. The lowest BCUT2D eigenvalue weighted by molar-refractivity contribution is -0.119. The van der Waals surface area contributed by atoms with Crippen LogP contribution in [-0.4, -0.2) is 32.6 Å². The molecule has 0 spiro atoms. The zero-order chi connectivity index (χ0) is 21.7. The summed E-state index contributed by atoms with van der Waals surface area (Å²) >= 11 is 0. The predicted octanol–water partition coefficient (Wildman–Crippen LogP) is 4.95. The van der Waals surface area contributed by atoms with Crippen molar-refractivity contribution >= 4 is 29.5 Å². The van der Waals surface area contributed by atoms with Gasteiger partial charge in [-0.3, -0.25) is 4.79 Å². The van der Waals surface area contributed by atoms with E-state index in [4.69, 9.17) is 0 Å². The maximum absolute atomic E-state index is 13.7. The molecule has 0 radical (unpaired) electrons. The number of carbonyl (C=O) groups is 1. The van der Waals surface area contributed by atoms with Gasteiger partial charge in [0, 0.05) is 19.4 Å². The molecular weight excluding hydrogens is 410 g/mol. The molecule has 0 aromatic heterocycles. The molecule has 0 saturated carbocycles. The van der Waals surface area contributed by atoms with Crippen molar-refractivity contribution in [3.05, 3.63) is 70.4 Å². The van der Waals surface area contributed by atoms with Crippen molar-refractivity contribution in [1.29, 1.82) is 0 Å². The van der Waals surface area contributed by atoms with Crippen molar-refractivity contribution in [2.75, 3.05) is 0 Å². The van der Waals surface area contributed by atoms with Crippen LogP contribution in [0.25, 0.3) is 5.57 Å². The van der Waals surface area contributed by atoms with Crippen LogP contribution in [0.15, 0.2) is 58.6 Å². The highest BCUT2D eigenvalue weighted by molar-refractivity contribution is 7.89. The molecule has 1 unspecified atom stereocenters. The molecule has 4 rings (SSSR count). The van der Waals surface area contributed by atoms with Gasteiger partial charge in [0.25, 0.3) is 0 Å². The number of sulfonamides is 1. The van der Waals surface area contributed by atoms with E-state index in [9.17, 15) is 13.2 Å². The standard InChI is InChI=1S/C24H29NO3SSi/c1-17-9-12-20(13-10-17)29(27,28)25-16-18-7-5-6-8-21(18)24-22(25)15-19(26)11-14-23(24)30(2,3)4/h5-10,12-13,22H,11,14-16H2,1-4H3. The molecule has 158 valence electrons. The van der Waals surface area contributed by atoms with Crippen LogP contribution in [0.2, 0.25) is 19.6 Å². The van der Waals surface area contributed by atoms with Crippen LogP contribution in [0, 0.1) is 6.92 Å². The first-order valence-electron chi connectivity index (χ1n) is 10.5. The first kappa shape index (κ1) is 21.2. The number of ketones is 1. The maximum Gasteiger partial charge on any atom is 0.243 e. The summed E-state index contributed by atoms with van der Waals surface area (Å²) in [7, 11) is -5.50. The van der Waals surface area contributed by atoms with Gasteiger partial charge in [0.05, 0.1) is 19.0 Å². The second-order valence-electron chi connectivity index (χ2n) is 9.42. The Morgan fingerprint density at radius 3 is 2.30 bits per heavy atom. The van der Waals surface area contributed by atoms with Gasteiger partial charge in [0.15, 0.2) is 0 Å². The molecule has 1 atom stereocenters. The minimum absolute atomic E-state index is 0.147. The number of carbonyl (C=O) groups excluding carboxylic acids is 1. The Hall–Kier alpha value is -2.02. The second-order valence-corrected chi connectivity index (χ2v) is 16.4. The van der Waals surface area contributed by atoms with Crippen molar-refractivity contribution in [3.63, 3.8) is 0 Å². The third-order valence-electron chi connectivity index (χ3n) is 6.25. The van der Waals surface area contributed by atoms with Gasteiger partial charge in [-0.2, -0.15) is 4.31 Å². The molecule has 1 aliphatic heterocycles. The van der Waals surface area contributed by atoms with Crippen molar-refractivity contribution in [3.8, 4) is 0 Å². The van der Waals surface area contributed by atoms with Gasteiger partial charge in [-0.1, -0.05) is 66.8 Å². The molecule has 0 saturated heterocycles. The van der Waals surface area contributed by atoms with Gasteiger partial charge >= 0.3 is 0 Å². The molecule has 0 bridgehead atoms. The minimum atomic E-state index is -3.74. The van der Waals surface area contributed by atoms with E-state index in [0.29, 0.717) is 13.0 Å². The Labute approximate surface area is 180 Å². The summed E-state index contributed by atoms with van der Waals surface area (Å²) in [5, 5.41) is 1.33. The number of benzene rings is 2. The molecule has 1 heterocycles. The molecule has 1 aliphatic carbocycles. The summed E-state index contributed by atoms with van der Waals surface area (Å²) in [5.41, 5.74) is 4.26. The summed E-state index contributed by atoms with van der Waals surface area (Å²) in [6.07, 6.45) is 1.50. The molecule has 0 amide bonds. The third kappa shape index (κ3) is 3.72. The number of Topliss-reactive ketones (excluding diaryl/α,β-unsaturated/α-hetero) is 1. The van der Waals surface area contributed by atoms with Gasteiger partial charge in [-0.05, 0) is 42.2 Å². The summed E-state index contributed by atoms with van der Waals surface area (Å²) in [6.45, 7) is 9.11. The maximum atomic E-state index is 13.7. The van der Waals surface area contributed by atoms with E-state index in [0.717, 1.165) is 28.7 Å². The zero-order valence-electron chi connectivity index (χ0n) is 18.1. The highest BCUT2D eigenvalue weighted by Gasteiger charge is 2.43. The van der Waals surface area contributed by atoms with Crippen molar-refractivity contribution in [1.82, 2.24) is 4.31 Å². The quantitative estimate of drug-likeness (QED) is 0.636. The molecular formula is C24H29NO3SSi. The highest BCUT2D eigenvalue weighted by Crippen LogP contribution is 2.44. The van der Waals surface area contributed by atoms with Crippen LogP contribution in [0.1, 0.15) is 36.0 Å². The van der Waals surface area contributed by atoms with E-state index in [1.165, 1.54) is 5.20 Å². The van der Waals surface area contributed by atoms with E-state index in [1.54, 1.807) is 16.4 Å². The molecule has 2 aliphatic rings. The highest BCUT2D eigenvalue weighted by atomic mass is 32.2. The molecule has 4 nitrogen and oxygen atoms in total. The minimum Gasteiger partial charge on any atom is -0.300 e. The average Bonchev–Trinajstić information content (AvgIpc) is 2.86. The van der Waals surface area contributed by atoms with E-state index in [2.05, 4.69) is 25.7 Å². The normalized spacial score (nSPS) is 20.5. The molecule has 6 heteroatoms. The molecule has 2 aromatic carbocycles. The van der Waals surface area contributed by atoms with Crippen LogP contribution < -0.4 is 0 Å². The van der Waals surface area contributed by atoms with E-state index < -0.39 is 24.1 Å². The number of hydrogen-bond acceptors (Lipinski definition) is 3. The molecule has 2 aromatic rings. The van der Waals surface area contributed by atoms with Crippen molar-refractivity contribution < 1.29 is 13.2 Å². The fourth-order valence-corrected chi connectivity index (χ4v) is 8.24. The lowest BCUT2D eigenvalue weighted by atomic mass is 9.88. The number of nitrogens with zero attached hydrogens (tertiary/aromatic N) is 1. The average molecular weight is 440 g/mol. The van der Waals surface area contributed by atoms with Crippen LogP contribution in [0.3, 0.4) is 0 Å². The van der Waals surface area contributed by atoms with Crippen LogP contribution in [0.5, 0.6) is 0 Å². The SMILES string of the molecule is Cc1ccc(S(=O)(=O)N2Cc3ccccc3C3=C([Si](C)(C)C)CCC(=O)CC32)cc1. The van der Waals surface area contributed by atoms with Gasteiger partial charge in [-0.25, -0.2) is 8.42 Å². The van der Waals surface area contributed by atoms with Gasteiger partial charge in [-0.15, -0.1) is 0 Å². The summed E-state index contributed by atoms with van der Waals surface area (Å²) in [4.78, 5) is 13.0. The molecule has 0 fully saturated rings. The van der Waals surface area contributed by atoms with E-state index in [-0.39, 0.29) is 17.1 Å². The Morgan fingerprint density at radius 1 is 0.967 bits per heavy atom. The summed E-state index contributed by atoms with van der Waals surface area (Å²) in [6, 6.07) is 14.7. The smallest absolute Gasteiger partial charge is 0.243 e. The number of hydrogen-bond donors (Lipinski definition) is 0. The zero-order valence-corrected chi connectivity index (χ0v) is 19.9. The fraction of sp³-hybridized carbons (Fsp3) is 0.375. The molecule has 30 heavy (non-hydrogen) atoms. The van der Waals surface area contributed by atoms with Crippen molar-refractivity contribution in [2.45, 2.75) is 63.3 Å². The first-order valence-corrected chi connectivity index (χ1v) is 15.4. The van der Waals surface area contributed by atoms with Crippen LogP contribution in [0.4, 0.5) is 0 Å². The third-order valence-corrected chi connectivity index (χ3v) is 10.4. The largest absolute Gasteiger partial charge is 0.300 e. The number of rotatable bonds is 3. The summed E-state index contributed by atoms with van der Waals surface area (Å²) < 4.78 is 29.1. The fourth-order valence-electron chi connectivity index (χ4n) is 4.68. The lowest BCUT2D eigenvalue weighted by Crippen LogP contribution is -2.45. The van der Waals surface area contributed by atoms with Crippen LogP contribution in [-0.2, 0) is 21.4 Å². The number of aryl methyl sites for hydroxylation is 1. The predicted molar refractivity (Wildman–Crippen MR) is 123 cm³/mol. The number of allylic oxidation sites excluding steroid dienone is 1. The summed E-state index contributed by atoms with van der Waals surface area (Å²) in [5.74, 6) is 0.147. The van der Waals surface area contributed by atoms with Crippen molar-refractivity contribution in [2.24, 2.45) is 0 Å². The first-order chi connectivity index (χ1) is 14.1. The van der Waals surface area contributed by atoms with E-state index >= 15 is 0 Å². The van der Waals surface area contributed by atoms with Gasteiger partial charge in [0.2, 0.25) is 10.0 Å². The van der Waals surface area contributed by atoms with E-state index in [1.807, 2.05) is 37.3 Å². The van der Waals surface area contributed by atoms with Gasteiger partial charge in [0.1, 0.15) is 5.78 Å². The Bertz CT molecular complexity index is 1130. The Balaban J connectivity index is 1.96. The Kier molecular flexibility index (Phi) is 5.37. The second kappa shape index (κ2) is 7.59. The number of fused-ring (bicyclic) bond motifs is 3. The monoisotopic (exact) mass is 439 g/mol. The lowest BCUT2D eigenvalue weighted by Gasteiger charge is -2.39. The van der Waals surface area contributed by atoms with Crippen LogP contribution >= 0.6 is 0 Å².